The molecule has 2 aliphatic rings. The van der Waals surface area contributed by atoms with E-state index in [9.17, 15) is 9.90 Å². The van der Waals surface area contributed by atoms with Gasteiger partial charge in [-0.1, -0.05) is 13.8 Å². The highest BCUT2D eigenvalue weighted by Gasteiger charge is 2.32. The lowest BCUT2D eigenvalue weighted by atomic mass is 10.2. The molecule has 1 saturated carbocycles. The van der Waals surface area contributed by atoms with Crippen LogP contribution < -0.4 is 5.32 Å². The molecule has 2 N–H and O–H groups in total. The molecular weight excluding hydrogens is 268 g/mol. The third kappa shape index (κ3) is 3.20. The van der Waals surface area contributed by atoms with Crippen LogP contribution in [-0.4, -0.2) is 45.0 Å². The SMILES string of the molecule is CC(C)Cn1ncc(NC(=O)N2CC[C@H](O)C2)c1C1CC1. The Hall–Kier alpha value is -1.56. The summed E-state index contributed by atoms with van der Waals surface area (Å²) in [6, 6.07) is -0.127. The van der Waals surface area contributed by atoms with E-state index < -0.39 is 0 Å². The first-order valence-electron chi connectivity index (χ1n) is 7.84. The number of carbonyl (C=O) groups is 1. The van der Waals surface area contributed by atoms with Crippen molar-refractivity contribution in [3.63, 3.8) is 0 Å². The third-order valence-electron chi connectivity index (χ3n) is 4.07. The molecule has 1 aliphatic heterocycles. The minimum atomic E-state index is -0.387. The zero-order valence-corrected chi connectivity index (χ0v) is 12.7. The van der Waals surface area contributed by atoms with Crippen molar-refractivity contribution in [3.05, 3.63) is 11.9 Å². The molecule has 2 heterocycles. The number of nitrogens with one attached hydrogen (secondary N) is 1. The summed E-state index contributed by atoms with van der Waals surface area (Å²) >= 11 is 0. The summed E-state index contributed by atoms with van der Waals surface area (Å²) in [4.78, 5) is 13.9. The van der Waals surface area contributed by atoms with Crippen molar-refractivity contribution in [2.24, 2.45) is 5.92 Å². The van der Waals surface area contributed by atoms with Gasteiger partial charge in [-0.2, -0.15) is 5.10 Å². The highest BCUT2D eigenvalue weighted by molar-refractivity contribution is 5.90. The standard InChI is InChI=1S/C15H24N4O2/c1-10(2)8-19-14(11-3-4-11)13(7-16-19)17-15(21)18-6-5-12(20)9-18/h7,10-12,20H,3-6,8-9H2,1-2H3,(H,17,21)/t12-/m0/s1. The molecule has 2 amide bonds. The highest BCUT2D eigenvalue weighted by atomic mass is 16.3. The van der Waals surface area contributed by atoms with E-state index in [1.807, 2.05) is 4.68 Å². The van der Waals surface area contributed by atoms with E-state index in [2.05, 4.69) is 24.3 Å². The molecule has 0 radical (unpaired) electrons. The van der Waals surface area contributed by atoms with Crippen LogP contribution in [0.25, 0.3) is 0 Å². The zero-order valence-electron chi connectivity index (χ0n) is 12.7. The van der Waals surface area contributed by atoms with Crippen LogP contribution in [0.15, 0.2) is 6.20 Å². The fourth-order valence-corrected chi connectivity index (χ4v) is 2.89. The van der Waals surface area contributed by atoms with Crippen LogP contribution in [0, 0.1) is 5.92 Å². The molecule has 1 saturated heterocycles. The number of carbonyl (C=O) groups excluding carboxylic acids is 1. The quantitative estimate of drug-likeness (QED) is 0.892. The molecule has 1 aromatic heterocycles. The highest BCUT2D eigenvalue weighted by Crippen LogP contribution is 2.43. The first-order chi connectivity index (χ1) is 10.0. The number of nitrogens with zero attached hydrogens (tertiary/aromatic N) is 3. The van der Waals surface area contributed by atoms with Crippen LogP contribution in [0.5, 0.6) is 0 Å². The van der Waals surface area contributed by atoms with Gasteiger partial charge in [0.2, 0.25) is 0 Å². The maximum atomic E-state index is 12.3. The number of β-amino-alcohol motifs (C(OH)–C–C–N with tert-alkyl or cyclic N) is 1. The molecule has 116 valence electrons. The van der Waals surface area contributed by atoms with E-state index in [-0.39, 0.29) is 12.1 Å². The number of likely N-dealkylation sites (tertiary alicyclic amines) is 1. The molecule has 0 aromatic carbocycles. The maximum absolute atomic E-state index is 12.3. The lowest BCUT2D eigenvalue weighted by Crippen LogP contribution is -2.33. The summed E-state index contributed by atoms with van der Waals surface area (Å²) in [5.74, 6) is 1.06. The van der Waals surface area contributed by atoms with Crippen LogP contribution in [-0.2, 0) is 6.54 Å². The first kappa shape index (κ1) is 14.4. The lowest BCUT2D eigenvalue weighted by Gasteiger charge is -2.17. The number of urea groups is 1. The summed E-state index contributed by atoms with van der Waals surface area (Å²) < 4.78 is 2.04. The van der Waals surface area contributed by atoms with Crippen molar-refractivity contribution in [3.8, 4) is 0 Å². The largest absolute Gasteiger partial charge is 0.391 e. The second-order valence-corrected chi connectivity index (χ2v) is 6.61. The molecule has 21 heavy (non-hydrogen) atoms. The number of aliphatic hydroxyl groups is 1. The molecule has 0 spiro atoms. The summed E-state index contributed by atoms with van der Waals surface area (Å²) in [6.07, 6.45) is 4.39. The Bertz CT molecular complexity index is 522. The fourth-order valence-electron chi connectivity index (χ4n) is 2.89. The molecule has 1 atom stereocenters. The Morgan fingerprint density at radius 2 is 2.24 bits per heavy atom. The molecule has 2 fully saturated rings. The van der Waals surface area contributed by atoms with E-state index in [1.54, 1.807) is 11.1 Å². The predicted molar refractivity (Wildman–Crippen MR) is 80.3 cm³/mol. The summed E-state index contributed by atoms with van der Waals surface area (Å²) in [6.45, 7) is 6.26. The molecule has 6 nitrogen and oxygen atoms in total. The Kier molecular flexibility index (Phi) is 3.89. The number of rotatable bonds is 4. The number of aromatic nitrogens is 2. The van der Waals surface area contributed by atoms with E-state index in [0.717, 1.165) is 17.9 Å². The monoisotopic (exact) mass is 292 g/mol. The minimum Gasteiger partial charge on any atom is -0.391 e. The van der Waals surface area contributed by atoms with Gasteiger partial charge in [0.25, 0.3) is 0 Å². The number of hydrogen-bond donors (Lipinski definition) is 2. The van der Waals surface area contributed by atoms with E-state index in [1.165, 1.54) is 12.8 Å². The van der Waals surface area contributed by atoms with E-state index in [0.29, 0.717) is 31.3 Å². The van der Waals surface area contributed by atoms with Crippen molar-refractivity contribution in [2.45, 2.75) is 51.7 Å². The zero-order chi connectivity index (χ0) is 15.0. The number of amides is 2. The Morgan fingerprint density at radius 1 is 1.48 bits per heavy atom. The van der Waals surface area contributed by atoms with Crippen LogP contribution in [0.1, 0.15) is 44.7 Å². The summed E-state index contributed by atoms with van der Waals surface area (Å²) in [5, 5.41) is 17.0. The molecular formula is C15H24N4O2. The molecule has 3 rings (SSSR count). The van der Waals surface area contributed by atoms with E-state index in [4.69, 9.17) is 0 Å². The van der Waals surface area contributed by atoms with Crippen LogP contribution in [0.4, 0.5) is 10.5 Å². The first-order valence-corrected chi connectivity index (χ1v) is 7.84. The van der Waals surface area contributed by atoms with Gasteiger partial charge < -0.3 is 15.3 Å². The number of aliphatic hydroxyl groups excluding tert-OH is 1. The lowest BCUT2D eigenvalue weighted by molar-refractivity contribution is 0.176. The predicted octanol–water partition coefficient (Wildman–Crippen LogP) is 2.01. The maximum Gasteiger partial charge on any atom is 0.322 e. The molecule has 1 aliphatic carbocycles. The Balaban J connectivity index is 1.73. The topological polar surface area (TPSA) is 70.4 Å². The van der Waals surface area contributed by atoms with Gasteiger partial charge >= 0.3 is 6.03 Å². The smallest absolute Gasteiger partial charge is 0.322 e. The van der Waals surface area contributed by atoms with Gasteiger partial charge in [0.05, 0.1) is 23.7 Å². The average Bonchev–Trinajstić information content (AvgIpc) is 3.04. The molecule has 6 heteroatoms. The van der Waals surface area contributed by atoms with Gasteiger partial charge in [0, 0.05) is 25.6 Å². The normalized spacial score (nSPS) is 22.1. The van der Waals surface area contributed by atoms with Gasteiger partial charge in [-0.25, -0.2) is 4.79 Å². The molecule has 1 aromatic rings. The van der Waals surface area contributed by atoms with Crippen molar-refractivity contribution < 1.29 is 9.90 Å². The summed E-state index contributed by atoms with van der Waals surface area (Å²) in [7, 11) is 0. The minimum absolute atomic E-state index is 0.127. The van der Waals surface area contributed by atoms with Gasteiger partial charge in [0.1, 0.15) is 0 Å². The molecule has 0 unspecified atom stereocenters. The second-order valence-electron chi connectivity index (χ2n) is 6.61. The van der Waals surface area contributed by atoms with Gasteiger partial charge in [-0.05, 0) is 25.2 Å². The van der Waals surface area contributed by atoms with Crippen LogP contribution in [0.2, 0.25) is 0 Å². The van der Waals surface area contributed by atoms with Crippen molar-refractivity contribution in [1.82, 2.24) is 14.7 Å². The average molecular weight is 292 g/mol. The van der Waals surface area contributed by atoms with Gasteiger partial charge in [-0.15, -0.1) is 0 Å². The van der Waals surface area contributed by atoms with E-state index >= 15 is 0 Å². The number of hydrogen-bond acceptors (Lipinski definition) is 3. The summed E-state index contributed by atoms with van der Waals surface area (Å²) in [5.41, 5.74) is 2.00. The molecule has 0 bridgehead atoms. The van der Waals surface area contributed by atoms with Gasteiger partial charge in [0.15, 0.2) is 0 Å². The Morgan fingerprint density at radius 3 is 2.81 bits per heavy atom. The Labute approximate surface area is 125 Å². The van der Waals surface area contributed by atoms with Crippen LogP contribution >= 0.6 is 0 Å². The number of anilines is 1. The fraction of sp³-hybridized carbons (Fsp3) is 0.733. The van der Waals surface area contributed by atoms with Crippen molar-refractivity contribution in [1.29, 1.82) is 0 Å². The van der Waals surface area contributed by atoms with Gasteiger partial charge in [-0.3, -0.25) is 4.68 Å². The van der Waals surface area contributed by atoms with Crippen LogP contribution in [0.3, 0.4) is 0 Å². The van der Waals surface area contributed by atoms with Crippen molar-refractivity contribution in [2.75, 3.05) is 18.4 Å². The van der Waals surface area contributed by atoms with Crippen molar-refractivity contribution >= 4 is 11.7 Å². The third-order valence-corrected chi connectivity index (χ3v) is 4.07. The second kappa shape index (κ2) is 5.67.